The van der Waals surface area contributed by atoms with Crippen LogP contribution >= 0.6 is 0 Å². The van der Waals surface area contributed by atoms with Gasteiger partial charge in [-0.05, 0) is 30.8 Å². The summed E-state index contributed by atoms with van der Waals surface area (Å²) in [5, 5.41) is 3.42. The topological polar surface area (TPSA) is 30.5 Å². The van der Waals surface area contributed by atoms with Crippen molar-refractivity contribution < 1.29 is 9.47 Å². The van der Waals surface area contributed by atoms with E-state index in [2.05, 4.69) is 29.6 Å². The molecule has 1 heterocycles. The SMILES string of the molecule is CNC(c1cccc(OC)c1)C1COc2ccccc21. The summed E-state index contributed by atoms with van der Waals surface area (Å²) >= 11 is 0. The molecule has 1 N–H and O–H groups in total. The van der Waals surface area contributed by atoms with Crippen LogP contribution in [0, 0.1) is 0 Å². The van der Waals surface area contributed by atoms with Crippen LogP contribution in [0.15, 0.2) is 48.5 Å². The molecule has 0 fully saturated rings. The van der Waals surface area contributed by atoms with E-state index in [1.807, 2.05) is 31.3 Å². The van der Waals surface area contributed by atoms with E-state index >= 15 is 0 Å². The van der Waals surface area contributed by atoms with E-state index in [1.54, 1.807) is 7.11 Å². The third kappa shape index (κ3) is 2.25. The van der Waals surface area contributed by atoms with Gasteiger partial charge < -0.3 is 14.8 Å². The Bertz CT molecular complexity index is 597. The van der Waals surface area contributed by atoms with Crippen LogP contribution in [0.2, 0.25) is 0 Å². The minimum Gasteiger partial charge on any atom is -0.497 e. The van der Waals surface area contributed by atoms with E-state index in [0.29, 0.717) is 12.5 Å². The molecule has 3 heteroatoms. The van der Waals surface area contributed by atoms with Crippen LogP contribution in [0.3, 0.4) is 0 Å². The average molecular weight is 269 g/mol. The van der Waals surface area contributed by atoms with E-state index < -0.39 is 0 Å². The Morgan fingerprint density at radius 3 is 2.85 bits per heavy atom. The molecule has 0 amide bonds. The molecule has 0 aliphatic carbocycles. The number of nitrogens with one attached hydrogen (secondary N) is 1. The standard InChI is InChI=1S/C17H19NO2/c1-18-17(12-6-5-7-13(10-12)19-2)15-11-20-16-9-4-3-8-14(15)16/h3-10,15,17-18H,11H2,1-2H3. The lowest BCUT2D eigenvalue weighted by atomic mass is 9.88. The fraction of sp³-hybridized carbons (Fsp3) is 0.294. The number of para-hydroxylation sites is 1. The highest BCUT2D eigenvalue weighted by atomic mass is 16.5. The van der Waals surface area contributed by atoms with Crippen molar-refractivity contribution in [2.45, 2.75) is 12.0 Å². The monoisotopic (exact) mass is 269 g/mol. The summed E-state index contributed by atoms with van der Waals surface area (Å²) in [5.41, 5.74) is 2.49. The molecule has 3 rings (SSSR count). The van der Waals surface area contributed by atoms with Gasteiger partial charge in [0.2, 0.25) is 0 Å². The van der Waals surface area contributed by atoms with Crippen LogP contribution in [-0.2, 0) is 0 Å². The zero-order chi connectivity index (χ0) is 13.9. The van der Waals surface area contributed by atoms with Gasteiger partial charge in [-0.3, -0.25) is 0 Å². The first kappa shape index (κ1) is 13.0. The summed E-state index contributed by atoms with van der Waals surface area (Å²) in [4.78, 5) is 0. The molecule has 0 saturated heterocycles. The van der Waals surface area contributed by atoms with Gasteiger partial charge in [-0.15, -0.1) is 0 Å². The summed E-state index contributed by atoms with van der Waals surface area (Å²) in [5.74, 6) is 2.21. The Balaban J connectivity index is 1.95. The van der Waals surface area contributed by atoms with Gasteiger partial charge in [0.15, 0.2) is 0 Å². The number of hydrogen-bond acceptors (Lipinski definition) is 3. The van der Waals surface area contributed by atoms with Crippen LogP contribution in [0.1, 0.15) is 23.1 Å². The first-order chi connectivity index (χ1) is 9.83. The quantitative estimate of drug-likeness (QED) is 0.925. The van der Waals surface area contributed by atoms with Gasteiger partial charge in [0.1, 0.15) is 11.5 Å². The highest BCUT2D eigenvalue weighted by Crippen LogP contribution is 2.41. The molecule has 104 valence electrons. The molecule has 3 nitrogen and oxygen atoms in total. The number of hydrogen-bond donors (Lipinski definition) is 1. The van der Waals surface area contributed by atoms with Crippen LogP contribution < -0.4 is 14.8 Å². The number of likely N-dealkylation sites (N-methyl/N-ethyl adjacent to an activating group) is 1. The molecular weight excluding hydrogens is 250 g/mol. The van der Waals surface area contributed by atoms with E-state index in [-0.39, 0.29) is 6.04 Å². The van der Waals surface area contributed by atoms with Gasteiger partial charge in [-0.25, -0.2) is 0 Å². The first-order valence-corrected chi connectivity index (χ1v) is 6.86. The summed E-state index contributed by atoms with van der Waals surface area (Å²) < 4.78 is 11.1. The van der Waals surface area contributed by atoms with Crippen molar-refractivity contribution in [2.75, 3.05) is 20.8 Å². The van der Waals surface area contributed by atoms with Crippen molar-refractivity contribution in [1.29, 1.82) is 0 Å². The van der Waals surface area contributed by atoms with Crippen LogP contribution in [0.5, 0.6) is 11.5 Å². The molecular formula is C17H19NO2. The summed E-state index contributed by atoms with van der Waals surface area (Å²) in [6.07, 6.45) is 0. The number of rotatable bonds is 4. The smallest absolute Gasteiger partial charge is 0.122 e. The number of methoxy groups -OCH3 is 1. The maximum absolute atomic E-state index is 5.80. The van der Waals surface area contributed by atoms with E-state index in [0.717, 1.165) is 11.5 Å². The highest BCUT2D eigenvalue weighted by molar-refractivity contribution is 5.43. The minimum atomic E-state index is 0.216. The zero-order valence-corrected chi connectivity index (χ0v) is 11.8. The second kappa shape index (κ2) is 5.55. The molecule has 0 bridgehead atoms. The lowest BCUT2D eigenvalue weighted by Gasteiger charge is -2.23. The van der Waals surface area contributed by atoms with Gasteiger partial charge >= 0.3 is 0 Å². The largest absolute Gasteiger partial charge is 0.497 e. The maximum atomic E-state index is 5.80. The Labute approximate surface area is 119 Å². The van der Waals surface area contributed by atoms with Crippen molar-refractivity contribution in [1.82, 2.24) is 5.32 Å². The van der Waals surface area contributed by atoms with Crippen LogP contribution in [0.25, 0.3) is 0 Å². The number of ether oxygens (including phenoxy) is 2. The fourth-order valence-electron chi connectivity index (χ4n) is 2.90. The van der Waals surface area contributed by atoms with Crippen molar-refractivity contribution in [2.24, 2.45) is 0 Å². The Hall–Kier alpha value is -2.00. The summed E-state index contributed by atoms with van der Waals surface area (Å²) in [6.45, 7) is 0.710. The highest BCUT2D eigenvalue weighted by Gasteiger charge is 2.31. The lowest BCUT2D eigenvalue weighted by molar-refractivity contribution is 0.304. The average Bonchev–Trinajstić information content (AvgIpc) is 2.93. The van der Waals surface area contributed by atoms with Gasteiger partial charge in [0.05, 0.1) is 13.7 Å². The van der Waals surface area contributed by atoms with Crippen molar-refractivity contribution >= 4 is 0 Å². The first-order valence-electron chi connectivity index (χ1n) is 6.86. The summed E-state index contributed by atoms with van der Waals surface area (Å²) in [7, 11) is 3.69. The number of benzene rings is 2. The molecule has 2 atom stereocenters. The molecule has 1 aliphatic rings. The Morgan fingerprint density at radius 1 is 1.20 bits per heavy atom. The van der Waals surface area contributed by atoms with E-state index in [9.17, 15) is 0 Å². The third-order valence-electron chi connectivity index (χ3n) is 3.90. The van der Waals surface area contributed by atoms with Crippen molar-refractivity contribution in [3.63, 3.8) is 0 Å². The van der Waals surface area contributed by atoms with Crippen molar-refractivity contribution in [3.05, 3.63) is 59.7 Å². The van der Waals surface area contributed by atoms with E-state index in [4.69, 9.17) is 9.47 Å². The molecule has 1 aliphatic heterocycles. The minimum absolute atomic E-state index is 0.216. The molecule has 2 aromatic rings. The molecule has 20 heavy (non-hydrogen) atoms. The van der Waals surface area contributed by atoms with Crippen molar-refractivity contribution in [3.8, 4) is 11.5 Å². The predicted octanol–water partition coefficient (Wildman–Crippen LogP) is 3.13. The van der Waals surface area contributed by atoms with Gasteiger partial charge in [0, 0.05) is 17.5 Å². The second-order valence-electron chi connectivity index (χ2n) is 5.00. The zero-order valence-electron chi connectivity index (χ0n) is 11.8. The molecule has 0 spiro atoms. The van der Waals surface area contributed by atoms with Crippen LogP contribution in [-0.4, -0.2) is 20.8 Å². The Morgan fingerprint density at radius 2 is 2.05 bits per heavy atom. The fourth-order valence-corrected chi connectivity index (χ4v) is 2.90. The molecule has 0 saturated carbocycles. The predicted molar refractivity (Wildman–Crippen MR) is 79.5 cm³/mol. The van der Waals surface area contributed by atoms with E-state index in [1.165, 1.54) is 11.1 Å². The molecule has 0 aromatic heterocycles. The lowest BCUT2D eigenvalue weighted by Crippen LogP contribution is -2.24. The summed E-state index contributed by atoms with van der Waals surface area (Å²) in [6, 6.07) is 16.7. The van der Waals surface area contributed by atoms with Gasteiger partial charge in [0.25, 0.3) is 0 Å². The number of fused-ring (bicyclic) bond motifs is 1. The molecule has 2 aromatic carbocycles. The second-order valence-corrected chi connectivity index (χ2v) is 5.00. The molecule has 2 unspecified atom stereocenters. The molecule has 0 radical (unpaired) electrons. The third-order valence-corrected chi connectivity index (χ3v) is 3.90. The van der Waals surface area contributed by atoms with Gasteiger partial charge in [-0.2, -0.15) is 0 Å². The van der Waals surface area contributed by atoms with Gasteiger partial charge in [-0.1, -0.05) is 30.3 Å². The Kier molecular flexibility index (Phi) is 3.61. The van der Waals surface area contributed by atoms with Crippen LogP contribution in [0.4, 0.5) is 0 Å². The normalized spacial score (nSPS) is 18.2. The maximum Gasteiger partial charge on any atom is 0.122 e.